The second-order valence-electron chi connectivity index (χ2n) is 6.82. The molecule has 4 rings (SSSR count). The Morgan fingerprint density at radius 2 is 1.66 bits per heavy atom. The Morgan fingerprint density at radius 1 is 1.00 bits per heavy atom. The van der Waals surface area contributed by atoms with Gasteiger partial charge in [-0.2, -0.15) is 5.26 Å². The van der Waals surface area contributed by atoms with Gasteiger partial charge in [0.1, 0.15) is 27.2 Å². The van der Waals surface area contributed by atoms with E-state index in [0.717, 1.165) is 29.1 Å². The molecule has 10 heteroatoms. The molecule has 2 atom stereocenters. The highest BCUT2D eigenvalue weighted by Gasteiger charge is 2.50. The first-order chi connectivity index (χ1) is 15.5. The van der Waals surface area contributed by atoms with Gasteiger partial charge in [0.15, 0.2) is 0 Å². The zero-order chi connectivity index (χ0) is 22.7. The van der Waals surface area contributed by atoms with E-state index in [4.69, 9.17) is 0 Å². The molecule has 2 aromatic rings. The second kappa shape index (κ2) is 9.30. The average molecular weight is 465 g/mol. The summed E-state index contributed by atoms with van der Waals surface area (Å²) in [4.78, 5) is 51.3. The molecule has 4 amide bonds. The fraction of sp³-hybridized carbons (Fsp3) is 0.136. The SMILES string of the molecule is N#CC(C(=O)NCc1ccccc1)=C1SC(C2SC(=O)NC2=O)C(=O)N1c1ccccc1. The number of nitrogens with one attached hydrogen (secondary N) is 2. The molecule has 2 aliphatic rings. The number of imide groups is 1. The van der Waals surface area contributed by atoms with Gasteiger partial charge in [-0.1, -0.05) is 60.3 Å². The van der Waals surface area contributed by atoms with Gasteiger partial charge in [0.25, 0.3) is 11.1 Å². The summed E-state index contributed by atoms with van der Waals surface area (Å²) in [6.45, 7) is 0.209. The van der Waals surface area contributed by atoms with Crippen LogP contribution in [0.3, 0.4) is 0 Å². The van der Waals surface area contributed by atoms with Crippen LogP contribution in [0.2, 0.25) is 0 Å². The molecule has 2 aliphatic heterocycles. The van der Waals surface area contributed by atoms with Crippen LogP contribution in [0.5, 0.6) is 0 Å². The van der Waals surface area contributed by atoms with Crippen molar-refractivity contribution in [2.45, 2.75) is 17.0 Å². The number of carbonyl (C=O) groups is 4. The molecule has 2 unspecified atom stereocenters. The van der Waals surface area contributed by atoms with Gasteiger partial charge in [0, 0.05) is 12.2 Å². The van der Waals surface area contributed by atoms with E-state index in [1.165, 1.54) is 4.90 Å². The summed E-state index contributed by atoms with van der Waals surface area (Å²) >= 11 is 1.68. The van der Waals surface area contributed by atoms with Gasteiger partial charge in [0.05, 0.1) is 0 Å². The zero-order valence-corrected chi connectivity index (χ0v) is 18.1. The minimum absolute atomic E-state index is 0.131. The maximum Gasteiger partial charge on any atom is 0.286 e. The number of hydrogen-bond donors (Lipinski definition) is 2. The van der Waals surface area contributed by atoms with E-state index in [2.05, 4.69) is 10.6 Å². The smallest absolute Gasteiger partial charge is 0.286 e. The third-order valence-electron chi connectivity index (χ3n) is 4.76. The van der Waals surface area contributed by atoms with Crippen LogP contribution in [-0.2, 0) is 20.9 Å². The predicted octanol–water partition coefficient (Wildman–Crippen LogP) is 2.54. The van der Waals surface area contributed by atoms with Gasteiger partial charge >= 0.3 is 0 Å². The van der Waals surface area contributed by atoms with Gasteiger partial charge in [-0.3, -0.25) is 29.4 Å². The molecule has 2 heterocycles. The van der Waals surface area contributed by atoms with Crippen LogP contribution in [0.15, 0.2) is 71.3 Å². The number of benzene rings is 2. The highest BCUT2D eigenvalue weighted by Crippen LogP contribution is 2.45. The van der Waals surface area contributed by atoms with Crippen molar-refractivity contribution in [3.8, 4) is 6.07 Å². The Morgan fingerprint density at radius 3 is 2.25 bits per heavy atom. The molecule has 2 N–H and O–H groups in total. The molecule has 0 saturated carbocycles. The van der Waals surface area contributed by atoms with Crippen LogP contribution in [0, 0.1) is 11.3 Å². The molecule has 8 nitrogen and oxygen atoms in total. The molecule has 2 aromatic carbocycles. The molecule has 2 saturated heterocycles. The normalized spacial score (nSPS) is 21.8. The molecular weight excluding hydrogens is 448 g/mol. The minimum atomic E-state index is -0.952. The summed E-state index contributed by atoms with van der Waals surface area (Å²) in [6.07, 6.45) is 0. The Balaban J connectivity index is 1.69. The first kappa shape index (κ1) is 21.7. The summed E-state index contributed by atoms with van der Waals surface area (Å²) < 4.78 is 0. The van der Waals surface area contributed by atoms with Crippen molar-refractivity contribution in [3.05, 3.63) is 76.8 Å². The van der Waals surface area contributed by atoms with E-state index in [-0.39, 0.29) is 17.1 Å². The molecule has 0 radical (unpaired) electrons. The number of amides is 4. The van der Waals surface area contributed by atoms with Crippen molar-refractivity contribution in [2.24, 2.45) is 0 Å². The molecule has 0 spiro atoms. The molecule has 32 heavy (non-hydrogen) atoms. The fourth-order valence-electron chi connectivity index (χ4n) is 3.27. The third-order valence-corrected chi connectivity index (χ3v) is 7.33. The quantitative estimate of drug-likeness (QED) is 0.515. The first-order valence-electron chi connectivity index (χ1n) is 9.53. The number of rotatable bonds is 5. The topological polar surface area (TPSA) is 119 Å². The standard InChI is InChI=1S/C22H16N4O4S2/c23-11-15(18(27)24-12-13-7-3-1-4-8-13)21-26(14-9-5-2-6-10-14)20(29)17(31-21)16-19(28)25-22(30)32-16/h1-10,16-17H,12H2,(H,24,27)(H,25,28,30). The van der Waals surface area contributed by atoms with E-state index in [1.807, 2.05) is 36.4 Å². The number of nitrogens with zero attached hydrogens (tertiary/aromatic N) is 2. The van der Waals surface area contributed by atoms with Crippen molar-refractivity contribution in [1.29, 1.82) is 5.26 Å². The lowest BCUT2D eigenvalue weighted by Crippen LogP contribution is -2.38. The van der Waals surface area contributed by atoms with E-state index >= 15 is 0 Å². The third kappa shape index (κ3) is 4.26. The summed E-state index contributed by atoms with van der Waals surface area (Å²) in [7, 11) is 0. The largest absolute Gasteiger partial charge is 0.347 e. The van der Waals surface area contributed by atoms with Gasteiger partial charge in [-0.25, -0.2) is 0 Å². The van der Waals surface area contributed by atoms with E-state index in [0.29, 0.717) is 5.69 Å². The second-order valence-corrected chi connectivity index (χ2v) is 9.07. The number of carbonyl (C=O) groups excluding carboxylic acids is 4. The summed E-state index contributed by atoms with van der Waals surface area (Å²) in [6, 6.07) is 19.7. The number of hydrogen-bond acceptors (Lipinski definition) is 7. The molecule has 0 bridgehead atoms. The van der Waals surface area contributed by atoms with Crippen LogP contribution in [0.4, 0.5) is 10.5 Å². The Labute approximate surface area is 192 Å². The lowest BCUT2D eigenvalue weighted by atomic mass is 10.2. The highest BCUT2D eigenvalue weighted by molar-refractivity contribution is 8.16. The van der Waals surface area contributed by atoms with E-state index < -0.39 is 33.5 Å². The maximum absolute atomic E-state index is 13.3. The first-order valence-corrected chi connectivity index (χ1v) is 11.3. The molecule has 0 aliphatic carbocycles. The lowest BCUT2D eigenvalue weighted by molar-refractivity contribution is -0.122. The van der Waals surface area contributed by atoms with Gasteiger partial charge in [-0.05, 0) is 29.5 Å². The van der Waals surface area contributed by atoms with Crippen LogP contribution in [0.25, 0.3) is 0 Å². The summed E-state index contributed by atoms with van der Waals surface area (Å²) in [5.41, 5.74) is 1.08. The lowest BCUT2D eigenvalue weighted by Gasteiger charge is -2.19. The fourth-order valence-corrected chi connectivity index (χ4v) is 5.65. The van der Waals surface area contributed by atoms with Gasteiger partial charge in [-0.15, -0.1) is 0 Å². The maximum atomic E-state index is 13.3. The number of para-hydroxylation sites is 1. The van der Waals surface area contributed by atoms with Crippen molar-refractivity contribution in [1.82, 2.24) is 10.6 Å². The van der Waals surface area contributed by atoms with Crippen LogP contribution in [0.1, 0.15) is 5.56 Å². The molecular formula is C22H16N4O4S2. The minimum Gasteiger partial charge on any atom is -0.347 e. The number of anilines is 1. The van der Waals surface area contributed by atoms with Gasteiger partial charge < -0.3 is 5.32 Å². The zero-order valence-electron chi connectivity index (χ0n) is 16.5. The van der Waals surface area contributed by atoms with Crippen molar-refractivity contribution >= 4 is 52.2 Å². The monoisotopic (exact) mass is 464 g/mol. The predicted molar refractivity (Wildman–Crippen MR) is 121 cm³/mol. The summed E-state index contributed by atoms with van der Waals surface area (Å²) in [5, 5.41) is 12.4. The van der Waals surface area contributed by atoms with E-state index in [9.17, 15) is 24.4 Å². The Hall–Kier alpha value is -3.55. The number of thioether (sulfide) groups is 2. The van der Waals surface area contributed by atoms with Crippen LogP contribution in [-0.4, -0.2) is 33.5 Å². The van der Waals surface area contributed by atoms with Crippen LogP contribution >= 0.6 is 23.5 Å². The summed E-state index contributed by atoms with van der Waals surface area (Å²) in [5.74, 6) is -1.66. The molecule has 2 fully saturated rings. The Bertz CT molecular complexity index is 1160. The van der Waals surface area contributed by atoms with Crippen molar-refractivity contribution in [3.63, 3.8) is 0 Å². The van der Waals surface area contributed by atoms with Crippen molar-refractivity contribution < 1.29 is 19.2 Å². The van der Waals surface area contributed by atoms with Crippen LogP contribution < -0.4 is 15.5 Å². The molecule has 160 valence electrons. The van der Waals surface area contributed by atoms with Crippen molar-refractivity contribution in [2.75, 3.05) is 4.90 Å². The average Bonchev–Trinajstić information content (AvgIpc) is 3.32. The van der Waals surface area contributed by atoms with Gasteiger partial charge in [0.2, 0.25) is 11.8 Å². The molecule has 0 aromatic heterocycles. The highest BCUT2D eigenvalue weighted by atomic mass is 32.2. The number of nitriles is 1. The Kier molecular flexibility index (Phi) is 6.30. The van der Waals surface area contributed by atoms with E-state index in [1.54, 1.807) is 30.3 Å².